The normalized spacial score (nSPS) is 14.0. The van der Waals surface area contributed by atoms with Crippen molar-refractivity contribution in [2.45, 2.75) is 46.3 Å². The molecular formula is C13H22BrNO4. The van der Waals surface area contributed by atoms with E-state index in [9.17, 15) is 9.59 Å². The molecule has 0 heterocycles. The van der Waals surface area contributed by atoms with Crippen molar-refractivity contribution in [2.75, 3.05) is 7.11 Å². The fourth-order valence-electron chi connectivity index (χ4n) is 1.17. The van der Waals surface area contributed by atoms with Crippen molar-refractivity contribution < 1.29 is 19.1 Å². The number of hydrogen-bond acceptors (Lipinski definition) is 4. The molecule has 0 saturated heterocycles. The molecule has 5 nitrogen and oxygen atoms in total. The number of rotatable bonds is 4. The predicted octanol–water partition coefficient (Wildman–Crippen LogP) is 2.99. The molecule has 0 aromatic carbocycles. The summed E-state index contributed by atoms with van der Waals surface area (Å²) in [7, 11) is 1.29. The van der Waals surface area contributed by atoms with Crippen molar-refractivity contribution in [2.24, 2.45) is 5.92 Å². The number of carbonyl (C=O) groups is 2. The number of hydrogen-bond donors (Lipinski definition) is 1. The second kappa shape index (κ2) is 7.53. The summed E-state index contributed by atoms with van der Waals surface area (Å²) in [6, 6.07) is -0.330. The second-order valence-corrected chi connectivity index (χ2v) is 6.28. The molecule has 0 radical (unpaired) electrons. The number of carbonyl (C=O) groups excluding carboxylic acids is 2. The first-order valence-corrected chi connectivity index (χ1v) is 6.81. The second-order valence-electron chi connectivity index (χ2n) is 5.42. The number of ether oxygens (including phenoxy) is 2. The van der Waals surface area contributed by atoms with Gasteiger partial charge in [0.15, 0.2) is 0 Å². The number of nitrogens with one attached hydrogen (secondary N) is 1. The molecule has 0 spiro atoms. The summed E-state index contributed by atoms with van der Waals surface area (Å²) < 4.78 is 10.0. The van der Waals surface area contributed by atoms with Gasteiger partial charge in [0.1, 0.15) is 10.1 Å². The lowest BCUT2D eigenvalue weighted by Crippen LogP contribution is -2.41. The molecule has 0 bridgehead atoms. The molecule has 1 amide bonds. The van der Waals surface area contributed by atoms with Crippen LogP contribution in [-0.2, 0) is 14.3 Å². The number of alkyl carbamates (subject to hydrolysis) is 1. The van der Waals surface area contributed by atoms with Gasteiger partial charge in [-0.1, -0.05) is 13.8 Å². The minimum absolute atomic E-state index is 0.102. The molecule has 1 N–H and O–H groups in total. The summed E-state index contributed by atoms with van der Waals surface area (Å²) in [4.78, 5) is 23.0. The lowest BCUT2D eigenvalue weighted by molar-refractivity contribution is -0.135. The van der Waals surface area contributed by atoms with E-state index in [0.29, 0.717) is 0 Å². The van der Waals surface area contributed by atoms with Crippen LogP contribution < -0.4 is 5.32 Å². The average molecular weight is 336 g/mol. The van der Waals surface area contributed by atoms with Crippen LogP contribution in [0.2, 0.25) is 0 Å². The first-order chi connectivity index (χ1) is 8.56. The Morgan fingerprint density at radius 3 is 2.16 bits per heavy atom. The van der Waals surface area contributed by atoms with Gasteiger partial charge in [-0.15, -0.1) is 0 Å². The van der Waals surface area contributed by atoms with Gasteiger partial charge in [0.05, 0.1) is 13.2 Å². The van der Waals surface area contributed by atoms with E-state index in [1.165, 1.54) is 7.11 Å². The minimum Gasteiger partial charge on any atom is -0.465 e. The lowest BCUT2D eigenvalue weighted by atomic mass is 10.0. The highest BCUT2D eigenvalue weighted by atomic mass is 79.9. The van der Waals surface area contributed by atoms with E-state index < -0.39 is 17.7 Å². The number of esters is 1. The van der Waals surface area contributed by atoms with Crippen LogP contribution in [0.4, 0.5) is 4.79 Å². The summed E-state index contributed by atoms with van der Waals surface area (Å²) >= 11 is 3.12. The molecule has 6 heteroatoms. The van der Waals surface area contributed by atoms with Crippen molar-refractivity contribution in [3.63, 3.8) is 0 Å². The molecule has 1 atom stereocenters. The molecular weight excluding hydrogens is 314 g/mol. The van der Waals surface area contributed by atoms with E-state index in [0.717, 1.165) is 0 Å². The number of amides is 1. The van der Waals surface area contributed by atoms with Gasteiger partial charge in [0.2, 0.25) is 0 Å². The van der Waals surface area contributed by atoms with Crippen molar-refractivity contribution in [3.05, 3.63) is 10.6 Å². The molecule has 0 rings (SSSR count). The summed E-state index contributed by atoms with van der Waals surface area (Å²) in [6.45, 7) is 9.22. The van der Waals surface area contributed by atoms with Crippen LogP contribution in [0, 0.1) is 5.92 Å². The van der Waals surface area contributed by atoms with E-state index >= 15 is 0 Å². The molecule has 0 fully saturated rings. The predicted molar refractivity (Wildman–Crippen MR) is 77.0 cm³/mol. The van der Waals surface area contributed by atoms with Gasteiger partial charge >= 0.3 is 12.1 Å². The Balaban J connectivity index is 4.77. The third-order valence-electron chi connectivity index (χ3n) is 2.11. The molecule has 0 saturated carbocycles. The monoisotopic (exact) mass is 335 g/mol. The lowest BCUT2D eigenvalue weighted by Gasteiger charge is -2.24. The largest absolute Gasteiger partial charge is 0.465 e. The molecule has 0 unspecified atom stereocenters. The maximum atomic E-state index is 11.7. The zero-order valence-corrected chi connectivity index (χ0v) is 13.8. The first kappa shape index (κ1) is 18.0. The fraction of sp³-hybridized carbons (Fsp3) is 0.692. The Labute approximate surface area is 122 Å². The Bertz CT molecular complexity index is 358. The summed E-state index contributed by atoms with van der Waals surface area (Å²) in [6.07, 6.45) is 1.08. The van der Waals surface area contributed by atoms with E-state index in [1.807, 2.05) is 13.8 Å². The quantitative estimate of drug-likeness (QED) is 0.633. The summed E-state index contributed by atoms with van der Waals surface area (Å²) in [5.74, 6) is -0.388. The zero-order valence-electron chi connectivity index (χ0n) is 12.2. The third kappa shape index (κ3) is 7.87. The van der Waals surface area contributed by atoms with Crippen molar-refractivity contribution in [3.8, 4) is 0 Å². The Kier molecular flexibility index (Phi) is 7.11. The maximum absolute atomic E-state index is 11.7. The summed E-state index contributed by atoms with van der Waals surface area (Å²) in [5.41, 5.74) is -0.561. The van der Waals surface area contributed by atoms with Crippen LogP contribution in [0.25, 0.3) is 0 Å². The highest BCUT2D eigenvalue weighted by Gasteiger charge is 2.21. The van der Waals surface area contributed by atoms with Crippen molar-refractivity contribution >= 4 is 28.0 Å². The highest BCUT2D eigenvalue weighted by molar-refractivity contribution is 9.12. The van der Waals surface area contributed by atoms with Crippen LogP contribution in [-0.4, -0.2) is 30.8 Å². The molecule has 19 heavy (non-hydrogen) atoms. The molecule has 0 aromatic rings. The maximum Gasteiger partial charge on any atom is 0.408 e. The summed E-state index contributed by atoms with van der Waals surface area (Å²) in [5, 5.41) is 2.71. The van der Waals surface area contributed by atoms with E-state index in [1.54, 1.807) is 26.8 Å². The number of halogens is 1. The molecule has 0 aliphatic rings. The van der Waals surface area contributed by atoms with Crippen LogP contribution in [0.1, 0.15) is 34.6 Å². The van der Waals surface area contributed by atoms with Gasteiger partial charge < -0.3 is 14.8 Å². The third-order valence-corrected chi connectivity index (χ3v) is 2.70. The van der Waals surface area contributed by atoms with Gasteiger partial charge in [-0.2, -0.15) is 0 Å². The van der Waals surface area contributed by atoms with Crippen LogP contribution >= 0.6 is 15.9 Å². The van der Waals surface area contributed by atoms with Gasteiger partial charge in [-0.05, 0) is 48.7 Å². The fourth-order valence-corrected chi connectivity index (χ4v) is 1.61. The van der Waals surface area contributed by atoms with Crippen LogP contribution in [0.3, 0.4) is 0 Å². The van der Waals surface area contributed by atoms with Gasteiger partial charge in [-0.3, -0.25) is 0 Å². The minimum atomic E-state index is -0.561. The van der Waals surface area contributed by atoms with E-state index in [2.05, 4.69) is 26.0 Å². The van der Waals surface area contributed by atoms with Crippen molar-refractivity contribution in [1.82, 2.24) is 5.32 Å². The van der Waals surface area contributed by atoms with Crippen LogP contribution in [0.15, 0.2) is 10.6 Å². The van der Waals surface area contributed by atoms with Gasteiger partial charge in [-0.25, -0.2) is 9.59 Å². The SMILES string of the molecule is COC(=O)/C(Br)=C/[C@@H](NC(=O)OC(C)(C)C)C(C)C. The zero-order chi connectivity index (χ0) is 15.2. The first-order valence-electron chi connectivity index (χ1n) is 6.02. The molecule has 0 aliphatic carbocycles. The van der Waals surface area contributed by atoms with Crippen LogP contribution in [0.5, 0.6) is 0 Å². The Morgan fingerprint density at radius 1 is 1.26 bits per heavy atom. The highest BCUT2D eigenvalue weighted by Crippen LogP contribution is 2.14. The Morgan fingerprint density at radius 2 is 1.79 bits per heavy atom. The molecule has 110 valence electrons. The standard InChI is InChI=1S/C13H22BrNO4/c1-8(2)10(7-9(14)11(16)18-6)15-12(17)19-13(3,4)5/h7-8,10H,1-6H3,(H,15,17)/b9-7-/t10-/m1/s1. The Hall–Kier alpha value is -1.04. The van der Waals surface area contributed by atoms with E-state index in [4.69, 9.17) is 4.74 Å². The van der Waals surface area contributed by atoms with Gasteiger partial charge in [0, 0.05) is 0 Å². The average Bonchev–Trinajstić information content (AvgIpc) is 2.24. The number of methoxy groups -OCH3 is 1. The smallest absolute Gasteiger partial charge is 0.408 e. The van der Waals surface area contributed by atoms with Gasteiger partial charge in [0.25, 0.3) is 0 Å². The molecule has 0 aliphatic heterocycles. The van der Waals surface area contributed by atoms with E-state index in [-0.39, 0.29) is 16.4 Å². The topological polar surface area (TPSA) is 64.6 Å². The molecule has 0 aromatic heterocycles. The van der Waals surface area contributed by atoms with Crippen molar-refractivity contribution in [1.29, 1.82) is 0 Å².